The Bertz CT molecular complexity index is 4850. The van der Waals surface area contributed by atoms with Gasteiger partial charge >= 0.3 is 0 Å². The van der Waals surface area contributed by atoms with Crippen molar-refractivity contribution in [2.45, 2.75) is 49.4 Å². The van der Waals surface area contributed by atoms with Gasteiger partial charge in [-0.3, -0.25) is 9.59 Å². The van der Waals surface area contributed by atoms with Gasteiger partial charge in [-0.15, -0.1) is 0 Å². The monoisotopic (exact) mass is 1020 g/mol. The number of nitrogens with zero attached hydrogens (tertiary/aromatic N) is 1. The summed E-state index contributed by atoms with van der Waals surface area (Å²) in [6, 6.07) is 80.6. The topological polar surface area (TPSA) is 51.7 Å². The number of rotatable bonds is 3. The van der Waals surface area contributed by atoms with Crippen LogP contribution in [0.3, 0.4) is 0 Å². The molecule has 6 aliphatic rings. The van der Waals surface area contributed by atoms with Crippen molar-refractivity contribution in [3.05, 3.63) is 291 Å². The third kappa shape index (κ3) is 4.99. The molecule has 4 nitrogen and oxygen atoms in total. The molecule has 4 bridgehead atoms. The summed E-state index contributed by atoms with van der Waals surface area (Å²) < 4.78 is 9.66. The number of Topliss-reactive ketones (excluding diaryl/α,β-unsaturated/α-hetero) is 2. The average molecular weight is 1020 g/mol. The van der Waals surface area contributed by atoms with E-state index in [4.69, 9.17) is 4.42 Å². The van der Waals surface area contributed by atoms with Crippen molar-refractivity contribution in [2.75, 3.05) is 0 Å². The summed E-state index contributed by atoms with van der Waals surface area (Å²) in [4.78, 5) is 32.2. The number of para-hydroxylation sites is 1. The van der Waals surface area contributed by atoms with Crippen molar-refractivity contribution in [3.63, 3.8) is 0 Å². The van der Waals surface area contributed by atoms with E-state index in [0.717, 1.165) is 160 Å². The van der Waals surface area contributed by atoms with E-state index in [-0.39, 0.29) is 11.6 Å². The summed E-state index contributed by atoms with van der Waals surface area (Å²) in [6.45, 7) is 8.93. The Morgan fingerprint density at radius 2 is 0.713 bits per heavy atom. The molecule has 0 fully saturated rings. The first-order valence-electron chi connectivity index (χ1n) is 28.0. The molecule has 3 aromatic heterocycles. The van der Waals surface area contributed by atoms with Gasteiger partial charge < -0.3 is 8.82 Å². The molecule has 14 aromatic rings. The van der Waals surface area contributed by atoms with Gasteiger partial charge in [0.1, 0.15) is 11.2 Å². The molecular formula is C76H49NO3. The SMILES string of the molecule is CC12C(=O)c3cc4c(cc3C(C)(c3ccccc31)c1ccccc12)c1cc(-c2c(-c3ccccc3)cc(-c3ccccc3)c3c2oc2ccccc23)cc2c3cc5c(cc3n4c12)C(=O)C1(C)c2ccccc2C5(C)c2ccccc21. The Morgan fingerprint density at radius 1 is 0.325 bits per heavy atom. The molecule has 376 valence electrons. The number of aromatic nitrogens is 1. The molecule has 6 aliphatic carbocycles. The second-order valence-corrected chi connectivity index (χ2v) is 23.8. The van der Waals surface area contributed by atoms with Crippen LogP contribution in [-0.4, -0.2) is 16.0 Å². The van der Waals surface area contributed by atoms with Crippen LogP contribution in [0.5, 0.6) is 0 Å². The van der Waals surface area contributed by atoms with Crippen LogP contribution in [0.2, 0.25) is 0 Å². The molecule has 0 amide bonds. The molecule has 0 saturated carbocycles. The van der Waals surface area contributed by atoms with E-state index in [0.29, 0.717) is 0 Å². The highest BCUT2D eigenvalue weighted by Gasteiger charge is 2.57. The molecule has 0 N–H and O–H groups in total. The fourth-order valence-corrected chi connectivity index (χ4v) is 16.5. The normalized spacial score (nSPS) is 21.2. The number of ketones is 2. The van der Waals surface area contributed by atoms with Crippen molar-refractivity contribution in [2.24, 2.45) is 0 Å². The first-order chi connectivity index (χ1) is 39.0. The number of fused-ring (bicyclic) bond motifs is 9. The summed E-state index contributed by atoms with van der Waals surface area (Å²) in [5.41, 5.74) is 20.2. The van der Waals surface area contributed by atoms with Crippen LogP contribution in [0.1, 0.15) is 104 Å². The summed E-state index contributed by atoms with van der Waals surface area (Å²) in [6.07, 6.45) is 0. The summed E-state index contributed by atoms with van der Waals surface area (Å²) in [7, 11) is 0. The second-order valence-electron chi connectivity index (χ2n) is 23.8. The maximum atomic E-state index is 16.1. The van der Waals surface area contributed by atoms with Crippen LogP contribution in [-0.2, 0) is 21.7 Å². The van der Waals surface area contributed by atoms with E-state index >= 15 is 9.59 Å². The molecule has 20 rings (SSSR count). The van der Waals surface area contributed by atoms with Crippen molar-refractivity contribution >= 4 is 71.6 Å². The van der Waals surface area contributed by atoms with Gasteiger partial charge in [-0.2, -0.15) is 0 Å². The maximum absolute atomic E-state index is 16.1. The quantitative estimate of drug-likeness (QED) is 0.177. The predicted molar refractivity (Wildman–Crippen MR) is 323 cm³/mol. The number of carbonyl (C=O) groups excluding carboxylic acids is 2. The Morgan fingerprint density at radius 3 is 1.16 bits per heavy atom. The van der Waals surface area contributed by atoms with E-state index in [1.807, 2.05) is 0 Å². The number of hydrogen-bond acceptors (Lipinski definition) is 3. The van der Waals surface area contributed by atoms with Gasteiger partial charge in [0.25, 0.3) is 0 Å². The van der Waals surface area contributed by atoms with Crippen LogP contribution in [0, 0.1) is 0 Å². The zero-order valence-corrected chi connectivity index (χ0v) is 44.5. The molecule has 0 aliphatic heterocycles. The molecule has 3 heterocycles. The van der Waals surface area contributed by atoms with Gasteiger partial charge in [-0.25, -0.2) is 0 Å². The number of furan rings is 1. The van der Waals surface area contributed by atoms with E-state index in [1.54, 1.807) is 0 Å². The number of carbonyl (C=O) groups is 2. The third-order valence-electron chi connectivity index (χ3n) is 20.3. The van der Waals surface area contributed by atoms with Gasteiger partial charge in [0, 0.05) is 59.8 Å². The van der Waals surface area contributed by atoms with E-state index in [2.05, 4.69) is 257 Å². The minimum absolute atomic E-state index is 0.0936. The Balaban J connectivity index is 1.03. The lowest BCUT2D eigenvalue weighted by molar-refractivity contribution is 0.0916. The first-order valence-corrected chi connectivity index (χ1v) is 28.0. The Hall–Kier alpha value is -9.64. The van der Waals surface area contributed by atoms with Gasteiger partial charge in [0.15, 0.2) is 11.6 Å². The fraction of sp³-hybridized carbons (Fsp3) is 0.105. The molecule has 0 saturated heterocycles. The molecule has 4 heteroatoms. The van der Waals surface area contributed by atoms with Gasteiger partial charge in [0.05, 0.1) is 27.4 Å². The van der Waals surface area contributed by atoms with Gasteiger partial charge in [0.2, 0.25) is 0 Å². The van der Waals surface area contributed by atoms with E-state index < -0.39 is 21.7 Å². The van der Waals surface area contributed by atoms with Crippen LogP contribution in [0.4, 0.5) is 0 Å². The van der Waals surface area contributed by atoms with Crippen molar-refractivity contribution in [3.8, 4) is 33.4 Å². The molecular weight excluding hydrogens is 975 g/mol. The first kappa shape index (κ1) is 44.4. The van der Waals surface area contributed by atoms with Crippen LogP contribution >= 0.6 is 0 Å². The summed E-state index contributed by atoms with van der Waals surface area (Å²) in [5.74, 6) is 0.187. The largest absolute Gasteiger partial charge is 0.455 e. The predicted octanol–water partition coefficient (Wildman–Crippen LogP) is 18.1. The molecule has 0 radical (unpaired) electrons. The highest BCUT2D eigenvalue weighted by molar-refractivity contribution is 6.28. The van der Waals surface area contributed by atoms with Crippen LogP contribution in [0.25, 0.3) is 93.4 Å². The third-order valence-corrected chi connectivity index (χ3v) is 20.3. The van der Waals surface area contributed by atoms with Gasteiger partial charge in [-0.1, -0.05) is 176 Å². The summed E-state index contributed by atoms with van der Waals surface area (Å²) >= 11 is 0. The molecule has 0 unspecified atom stereocenters. The average Bonchev–Trinajstić information content (AvgIpc) is 4.31. The fourth-order valence-electron chi connectivity index (χ4n) is 16.5. The zero-order chi connectivity index (χ0) is 53.3. The van der Waals surface area contributed by atoms with Crippen LogP contribution in [0.15, 0.2) is 229 Å². The molecule has 0 atom stereocenters. The summed E-state index contributed by atoms with van der Waals surface area (Å²) in [5, 5.41) is 6.37. The lowest BCUT2D eigenvalue weighted by Crippen LogP contribution is -2.40. The van der Waals surface area contributed by atoms with E-state index in [1.165, 1.54) is 0 Å². The van der Waals surface area contributed by atoms with Crippen molar-refractivity contribution < 1.29 is 14.0 Å². The van der Waals surface area contributed by atoms with E-state index in [9.17, 15) is 0 Å². The van der Waals surface area contributed by atoms with Crippen molar-refractivity contribution in [1.29, 1.82) is 0 Å². The Kier molecular flexibility index (Phi) is 8.16. The van der Waals surface area contributed by atoms with Gasteiger partial charge in [-0.05, 0) is 160 Å². The Labute approximate surface area is 461 Å². The highest BCUT2D eigenvalue weighted by Crippen LogP contribution is 2.61. The molecule has 11 aromatic carbocycles. The lowest BCUT2D eigenvalue weighted by atomic mass is 9.59. The number of benzene rings is 11. The molecule has 80 heavy (non-hydrogen) atoms. The minimum atomic E-state index is -0.922. The second kappa shape index (κ2) is 14.7. The minimum Gasteiger partial charge on any atom is -0.455 e. The number of hydrogen-bond donors (Lipinski definition) is 0. The maximum Gasteiger partial charge on any atom is 0.177 e. The lowest BCUT2D eigenvalue weighted by Gasteiger charge is -2.43. The smallest absolute Gasteiger partial charge is 0.177 e. The highest BCUT2D eigenvalue weighted by atomic mass is 16.3. The standard InChI is InChI=1S/C76H49NO3/c1-73-54-26-12-16-30-58(54)75(3,59-31-17-13-27-55(59)73)71(78)52-40-64-48(38-62(52)73)50-35-44(67-46(42-21-7-5-8-22-42)37-47(43-23-9-6-10-24-43)68-45-25-11-20-34-66(45)80-70(67)68)36-51-49-39-63-53(41-65(49)77(64)69(50)51)72(79)76(4)60-32-18-14-28-56(60)74(63,2)57-29-15-19-33-61(57)76/h5-41H,1-4H3. The van der Waals surface area contributed by atoms with Crippen molar-refractivity contribution in [1.82, 2.24) is 4.40 Å². The van der Waals surface area contributed by atoms with Crippen LogP contribution < -0.4 is 0 Å². The molecule has 0 spiro atoms. The zero-order valence-electron chi connectivity index (χ0n) is 44.5.